The highest BCUT2D eigenvalue weighted by molar-refractivity contribution is 6.33. The monoisotopic (exact) mass is 370 g/mol. The van der Waals surface area contributed by atoms with Crippen molar-refractivity contribution in [2.75, 3.05) is 11.4 Å². The molecule has 1 saturated heterocycles. The molecule has 136 valence electrons. The van der Waals surface area contributed by atoms with Gasteiger partial charge in [0.1, 0.15) is 0 Å². The zero-order valence-electron chi connectivity index (χ0n) is 15.0. The minimum absolute atomic E-state index is 0.0699. The summed E-state index contributed by atoms with van der Waals surface area (Å²) in [6.07, 6.45) is 0.212. The van der Waals surface area contributed by atoms with Crippen molar-refractivity contribution in [2.24, 2.45) is 5.92 Å². The molecular weight excluding hydrogens is 348 g/mol. The van der Waals surface area contributed by atoms with Gasteiger partial charge in [-0.25, -0.2) is 0 Å². The third kappa shape index (κ3) is 4.07. The van der Waals surface area contributed by atoms with E-state index in [1.165, 1.54) is 5.56 Å². The Balaban J connectivity index is 1.59. The number of rotatable bonds is 5. The Morgan fingerprint density at radius 2 is 1.88 bits per heavy atom. The lowest BCUT2D eigenvalue weighted by molar-refractivity contribution is -0.126. The van der Waals surface area contributed by atoms with Crippen LogP contribution in [0.1, 0.15) is 37.3 Å². The van der Waals surface area contributed by atoms with Crippen molar-refractivity contribution in [3.05, 3.63) is 64.7 Å². The minimum Gasteiger partial charge on any atom is -0.352 e. The molecule has 1 aliphatic rings. The van der Waals surface area contributed by atoms with Crippen molar-refractivity contribution >= 4 is 29.1 Å². The van der Waals surface area contributed by atoms with Gasteiger partial charge in [0.2, 0.25) is 11.8 Å². The number of amides is 2. The van der Waals surface area contributed by atoms with Crippen LogP contribution in [0.3, 0.4) is 0 Å². The van der Waals surface area contributed by atoms with Gasteiger partial charge in [-0.05, 0) is 29.2 Å². The van der Waals surface area contributed by atoms with Crippen LogP contribution in [0.2, 0.25) is 5.02 Å². The van der Waals surface area contributed by atoms with Crippen LogP contribution in [0.5, 0.6) is 0 Å². The molecule has 2 aromatic rings. The first-order valence-corrected chi connectivity index (χ1v) is 9.25. The van der Waals surface area contributed by atoms with Gasteiger partial charge >= 0.3 is 0 Å². The largest absolute Gasteiger partial charge is 0.352 e. The zero-order chi connectivity index (χ0) is 18.7. The number of hydrogen-bond acceptors (Lipinski definition) is 2. The standard InChI is InChI=1S/C21H23ClN2O2/c1-14(2)16-9-7-15(8-10-16)12-23-21(26)17-11-20(25)24(13-17)19-6-4-3-5-18(19)22/h3-10,14,17H,11-13H2,1-2H3,(H,23,26)/t17-/m0/s1. The average molecular weight is 371 g/mol. The van der Waals surface area contributed by atoms with E-state index in [0.717, 1.165) is 5.56 Å². The van der Waals surface area contributed by atoms with Crippen LogP contribution in [0.15, 0.2) is 48.5 Å². The fourth-order valence-corrected chi connectivity index (χ4v) is 3.38. The highest BCUT2D eigenvalue weighted by Crippen LogP contribution is 2.31. The van der Waals surface area contributed by atoms with Crippen LogP contribution in [0.25, 0.3) is 0 Å². The number of nitrogens with one attached hydrogen (secondary N) is 1. The van der Waals surface area contributed by atoms with Gasteiger partial charge in [0, 0.05) is 19.5 Å². The summed E-state index contributed by atoms with van der Waals surface area (Å²) in [5.74, 6) is -0.0342. The summed E-state index contributed by atoms with van der Waals surface area (Å²) in [4.78, 5) is 26.4. The van der Waals surface area contributed by atoms with Gasteiger partial charge in [-0.15, -0.1) is 0 Å². The molecule has 0 saturated carbocycles. The molecule has 1 heterocycles. The highest BCUT2D eigenvalue weighted by atomic mass is 35.5. The normalized spacial score (nSPS) is 17.0. The number of halogens is 1. The second-order valence-electron chi connectivity index (χ2n) is 6.97. The van der Waals surface area contributed by atoms with Crippen molar-refractivity contribution in [1.29, 1.82) is 0 Å². The summed E-state index contributed by atoms with van der Waals surface area (Å²) in [6, 6.07) is 15.4. The van der Waals surface area contributed by atoms with Crippen molar-refractivity contribution < 1.29 is 9.59 Å². The molecule has 0 aliphatic carbocycles. The highest BCUT2D eigenvalue weighted by Gasteiger charge is 2.35. The van der Waals surface area contributed by atoms with E-state index in [-0.39, 0.29) is 24.2 Å². The van der Waals surface area contributed by atoms with E-state index < -0.39 is 0 Å². The van der Waals surface area contributed by atoms with Gasteiger partial charge in [-0.1, -0.05) is 61.8 Å². The van der Waals surface area contributed by atoms with Gasteiger partial charge in [0.25, 0.3) is 0 Å². The second kappa shape index (κ2) is 7.92. The van der Waals surface area contributed by atoms with Crippen molar-refractivity contribution in [2.45, 2.75) is 32.7 Å². The Kier molecular flexibility index (Phi) is 5.62. The first-order valence-electron chi connectivity index (χ1n) is 8.87. The summed E-state index contributed by atoms with van der Waals surface area (Å²) < 4.78 is 0. The van der Waals surface area contributed by atoms with Crippen molar-refractivity contribution in [3.63, 3.8) is 0 Å². The van der Waals surface area contributed by atoms with Crippen LogP contribution >= 0.6 is 11.6 Å². The van der Waals surface area contributed by atoms with E-state index in [1.807, 2.05) is 24.3 Å². The molecule has 1 aliphatic heterocycles. The SMILES string of the molecule is CC(C)c1ccc(CNC(=O)[C@H]2CC(=O)N(c3ccccc3Cl)C2)cc1. The molecule has 1 N–H and O–H groups in total. The van der Waals surface area contributed by atoms with E-state index in [1.54, 1.807) is 17.0 Å². The summed E-state index contributed by atoms with van der Waals surface area (Å²) >= 11 is 6.18. The molecule has 3 rings (SSSR count). The molecule has 1 fully saturated rings. The number of anilines is 1. The molecule has 26 heavy (non-hydrogen) atoms. The van der Waals surface area contributed by atoms with Crippen molar-refractivity contribution in [3.8, 4) is 0 Å². The fraction of sp³-hybridized carbons (Fsp3) is 0.333. The molecule has 2 aromatic carbocycles. The smallest absolute Gasteiger partial charge is 0.227 e. The van der Waals surface area contributed by atoms with E-state index in [0.29, 0.717) is 29.7 Å². The van der Waals surface area contributed by atoms with Gasteiger partial charge in [0.05, 0.1) is 16.6 Å². The average Bonchev–Trinajstić information content (AvgIpc) is 3.02. The van der Waals surface area contributed by atoms with E-state index in [4.69, 9.17) is 11.6 Å². The zero-order valence-corrected chi connectivity index (χ0v) is 15.8. The fourth-order valence-electron chi connectivity index (χ4n) is 3.14. The lowest BCUT2D eigenvalue weighted by Crippen LogP contribution is -2.32. The van der Waals surface area contributed by atoms with Gasteiger partial charge < -0.3 is 10.2 Å². The molecule has 1 atom stereocenters. The summed E-state index contributed by atoms with van der Waals surface area (Å²) in [5.41, 5.74) is 2.99. The predicted molar refractivity (Wildman–Crippen MR) is 104 cm³/mol. The number of hydrogen-bond donors (Lipinski definition) is 1. The van der Waals surface area contributed by atoms with Crippen LogP contribution < -0.4 is 10.2 Å². The Hall–Kier alpha value is -2.33. The molecule has 0 radical (unpaired) electrons. The van der Waals surface area contributed by atoms with Gasteiger partial charge in [-0.2, -0.15) is 0 Å². The summed E-state index contributed by atoms with van der Waals surface area (Å²) in [5, 5.41) is 3.47. The number of benzene rings is 2. The maximum atomic E-state index is 12.5. The number of carbonyl (C=O) groups excluding carboxylic acids is 2. The maximum Gasteiger partial charge on any atom is 0.227 e. The molecule has 0 spiro atoms. The van der Waals surface area contributed by atoms with Crippen LogP contribution in [0, 0.1) is 5.92 Å². The number of para-hydroxylation sites is 1. The first-order chi connectivity index (χ1) is 12.5. The third-order valence-electron chi connectivity index (χ3n) is 4.75. The lowest BCUT2D eigenvalue weighted by atomic mass is 10.0. The van der Waals surface area contributed by atoms with E-state index in [9.17, 15) is 9.59 Å². The summed E-state index contributed by atoms with van der Waals surface area (Å²) in [6.45, 7) is 5.13. The Labute approximate surface area is 159 Å². The van der Waals surface area contributed by atoms with E-state index in [2.05, 4.69) is 31.3 Å². The van der Waals surface area contributed by atoms with E-state index >= 15 is 0 Å². The van der Waals surface area contributed by atoms with Gasteiger partial charge in [-0.3, -0.25) is 9.59 Å². The molecular formula is C21H23ClN2O2. The van der Waals surface area contributed by atoms with Crippen molar-refractivity contribution in [1.82, 2.24) is 5.32 Å². The quantitative estimate of drug-likeness (QED) is 0.860. The van der Waals surface area contributed by atoms with Gasteiger partial charge in [0.15, 0.2) is 0 Å². The topological polar surface area (TPSA) is 49.4 Å². The first kappa shape index (κ1) is 18.5. The van der Waals surface area contributed by atoms with Crippen LogP contribution in [-0.4, -0.2) is 18.4 Å². The van der Waals surface area contributed by atoms with Crippen LogP contribution in [-0.2, 0) is 16.1 Å². The summed E-state index contributed by atoms with van der Waals surface area (Å²) in [7, 11) is 0. The minimum atomic E-state index is -0.353. The Morgan fingerprint density at radius 3 is 2.54 bits per heavy atom. The predicted octanol–water partition coefficient (Wildman–Crippen LogP) is 4.13. The third-order valence-corrected chi connectivity index (χ3v) is 5.07. The maximum absolute atomic E-state index is 12.5. The second-order valence-corrected chi connectivity index (χ2v) is 7.38. The molecule has 4 nitrogen and oxygen atoms in total. The lowest BCUT2D eigenvalue weighted by Gasteiger charge is -2.18. The Bertz CT molecular complexity index is 802. The van der Waals surface area contributed by atoms with Crippen LogP contribution in [0.4, 0.5) is 5.69 Å². The molecule has 5 heteroatoms. The molecule has 0 unspecified atom stereocenters. The molecule has 2 amide bonds. The molecule has 0 aromatic heterocycles. The Morgan fingerprint density at radius 1 is 1.19 bits per heavy atom. The molecule has 0 bridgehead atoms. The number of carbonyl (C=O) groups is 2. The number of nitrogens with zero attached hydrogens (tertiary/aromatic N) is 1.